The van der Waals surface area contributed by atoms with Crippen LogP contribution in [0.15, 0.2) is 30.3 Å². The van der Waals surface area contributed by atoms with Crippen LogP contribution >= 0.6 is 23.2 Å². The van der Waals surface area contributed by atoms with Gasteiger partial charge in [0.1, 0.15) is 5.60 Å². The van der Waals surface area contributed by atoms with Gasteiger partial charge >= 0.3 is 6.09 Å². The van der Waals surface area contributed by atoms with E-state index in [-0.39, 0.29) is 6.09 Å². The molecule has 0 saturated carbocycles. The zero-order valence-electron chi connectivity index (χ0n) is 15.9. The Labute approximate surface area is 162 Å². The molecular formula is C19H30Cl2N2O2. The van der Waals surface area contributed by atoms with E-state index in [0.717, 1.165) is 5.56 Å². The maximum atomic E-state index is 11.5. The van der Waals surface area contributed by atoms with Crippen LogP contribution in [0.3, 0.4) is 0 Å². The zero-order valence-corrected chi connectivity index (χ0v) is 17.4. The number of carbonyl (C=O) groups is 1. The molecule has 6 heteroatoms. The largest absolute Gasteiger partial charge is 0.444 e. The van der Waals surface area contributed by atoms with Crippen molar-refractivity contribution in [3.63, 3.8) is 0 Å². The lowest BCUT2D eigenvalue weighted by Gasteiger charge is -2.26. The summed E-state index contributed by atoms with van der Waals surface area (Å²) >= 11 is 11.1. The van der Waals surface area contributed by atoms with Crippen molar-refractivity contribution in [3.8, 4) is 6.07 Å². The van der Waals surface area contributed by atoms with Crippen molar-refractivity contribution in [3.05, 3.63) is 35.9 Å². The number of benzene rings is 1. The predicted octanol–water partition coefficient (Wildman–Crippen LogP) is 5.48. The first-order valence-corrected chi connectivity index (χ1v) is 9.41. The molecule has 1 aromatic rings. The average Bonchev–Trinajstić information content (AvgIpc) is 2.57. The molecule has 0 atom stereocenters. The van der Waals surface area contributed by atoms with E-state index in [9.17, 15) is 4.79 Å². The van der Waals surface area contributed by atoms with E-state index < -0.39 is 5.60 Å². The highest BCUT2D eigenvalue weighted by Gasteiger charge is 2.21. The molecule has 0 saturated heterocycles. The van der Waals surface area contributed by atoms with Crippen LogP contribution in [0, 0.1) is 11.3 Å². The highest BCUT2D eigenvalue weighted by atomic mass is 35.5. The topological polar surface area (TPSA) is 53.3 Å². The lowest BCUT2D eigenvalue weighted by molar-refractivity contribution is 0.0273. The number of ether oxygens (including phenoxy) is 1. The number of nitriles is 1. The van der Waals surface area contributed by atoms with E-state index in [2.05, 4.69) is 6.07 Å². The fourth-order valence-electron chi connectivity index (χ4n) is 1.51. The summed E-state index contributed by atoms with van der Waals surface area (Å²) in [5, 5.41) is 8.27. The first kappa shape index (κ1) is 25.8. The Morgan fingerprint density at radius 3 is 1.96 bits per heavy atom. The van der Waals surface area contributed by atoms with E-state index in [1.54, 1.807) is 0 Å². The Balaban J connectivity index is 0. The number of alkyl halides is 2. The molecule has 0 spiro atoms. The van der Waals surface area contributed by atoms with Crippen LogP contribution in [0.5, 0.6) is 0 Å². The number of hydrogen-bond acceptors (Lipinski definition) is 3. The normalized spacial score (nSPS) is 9.52. The molecule has 0 aliphatic rings. The van der Waals surface area contributed by atoms with Crippen molar-refractivity contribution >= 4 is 29.3 Å². The molecule has 1 rings (SSSR count). The molecule has 0 unspecified atom stereocenters. The molecule has 0 heterocycles. The second-order valence-electron chi connectivity index (χ2n) is 5.67. The quantitative estimate of drug-likeness (QED) is 0.627. The summed E-state index contributed by atoms with van der Waals surface area (Å²) in [5.41, 5.74) is 0.605. The molecule has 0 aliphatic carbocycles. The summed E-state index contributed by atoms with van der Waals surface area (Å²) in [6.45, 7) is 10.4. The summed E-state index contributed by atoms with van der Waals surface area (Å²) in [7, 11) is 0. The molecule has 142 valence electrons. The molecule has 0 aliphatic heterocycles. The molecule has 1 amide bonds. The number of rotatable bonds is 5. The Kier molecular flexibility index (Phi) is 16.6. The van der Waals surface area contributed by atoms with Crippen molar-refractivity contribution in [1.82, 2.24) is 4.90 Å². The summed E-state index contributed by atoms with van der Waals surface area (Å²) in [5.74, 6) is 0.770. The maximum Gasteiger partial charge on any atom is 0.410 e. The van der Waals surface area contributed by atoms with Gasteiger partial charge in [0, 0.05) is 24.8 Å². The molecule has 1 aromatic carbocycles. The van der Waals surface area contributed by atoms with Gasteiger partial charge in [0.2, 0.25) is 0 Å². The number of amides is 1. The van der Waals surface area contributed by atoms with Gasteiger partial charge in [-0.2, -0.15) is 5.26 Å². The Morgan fingerprint density at radius 2 is 1.60 bits per heavy atom. The second kappa shape index (κ2) is 16.1. The van der Waals surface area contributed by atoms with Crippen LogP contribution in [-0.4, -0.2) is 41.4 Å². The Hall–Kier alpha value is -1.44. The molecule has 0 aromatic heterocycles. The summed E-state index contributed by atoms with van der Waals surface area (Å²) in [6.07, 6.45) is 0.153. The highest BCUT2D eigenvalue weighted by molar-refractivity contribution is 6.18. The number of hydrogen-bond donors (Lipinski definition) is 0. The van der Waals surface area contributed by atoms with E-state index in [1.165, 1.54) is 4.90 Å². The SMILES string of the molecule is CC.CC(C)(C)OC(=O)N(CCCl)CCCl.N#CCc1ccccc1. The van der Waals surface area contributed by atoms with Gasteiger partial charge in [-0.1, -0.05) is 44.2 Å². The van der Waals surface area contributed by atoms with Crippen molar-refractivity contribution in [1.29, 1.82) is 5.26 Å². The highest BCUT2D eigenvalue weighted by Crippen LogP contribution is 2.10. The third-order valence-electron chi connectivity index (χ3n) is 2.49. The molecule has 0 N–H and O–H groups in total. The minimum absolute atomic E-state index is 0.362. The lowest BCUT2D eigenvalue weighted by atomic mass is 10.2. The summed E-state index contributed by atoms with van der Waals surface area (Å²) in [6, 6.07) is 11.8. The smallest absolute Gasteiger partial charge is 0.410 e. The minimum Gasteiger partial charge on any atom is -0.444 e. The summed E-state index contributed by atoms with van der Waals surface area (Å²) < 4.78 is 5.17. The zero-order chi connectivity index (χ0) is 19.7. The van der Waals surface area contributed by atoms with Crippen molar-refractivity contribution in [2.75, 3.05) is 24.8 Å². The average molecular weight is 389 g/mol. The number of halogens is 2. The summed E-state index contributed by atoms with van der Waals surface area (Å²) in [4.78, 5) is 13.0. The van der Waals surface area contributed by atoms with Crippen LogP contribution < -0.4 is 0 Å². The van der Waals surface area contributed by atoms with Crippen molar-refractivity contribution in [2.45, 2.75) is 46.6 Å². The van der Waals surface area contributed by atoms with E-state index in [0.29, 0.717) is 31.3 Å². The van der Waals surface area contributed by atoms with Gasteiger partial charge in [-0.3, -0.25) is 0 Å². The van der Waals surface area contributed by atoms with Crippen LogP contribution in [0.1, 0.15) is 40.2 Å². The van der Waals surface area contributed by atoms with Gasteiger partial charge < -0.3 is 9.64 Å². The minimum atomic E-state index is -0.478. The third kappa shape index (κ3) is 15.8. The van der Waals surface area contributed by atoms with Gasteiger partial charge in [0.15, 0.2) is 0 Å². The molecule has 25 heavy (non-hydrogen) atoms. The van der Waals surface area contributed by atoms with Crippen molar-refractivity contribution < 1.29 is 9.53 Å². The number of carbonyl (C=O) groups excluding carboxylic acids is 1. The Bertz CT molecular complexity index is 476. The van der Waals surface area contributed by atoms with E-state index >= 15 is 0 Å². The molecule has 0 fully saturated rings. The van der Waals surface area contributed by atoms with Gasteiger partial charge in [-0.25, -0.2) is 4.79 Å². The van der Waals surface area contributed by atoms with Gasteiger partial charge in [0.05, 0.1) is 12.5 Å². The molecular weight excluding hydrogens is 359 g/mol. The predicted molar refractivity (Wildman–Crippen MR) is 106 cm³/mol. The molecule has 0 radical (unpaired) electrons. The third-order valence-corrected chi connectivity index (χ3v) is 2.82. The van der Waals surface area contributed by atoms with Crippen LogP contribution in [0.2, 0.25) is 0 Å². The van der Waals surface area contributed by atoms with Crippen LogP contribution in [0.4, 0.5) is 4.79 Å². The standard InChI is InChI=1S/C9H17Cl2NO2.C8H7N.C2H6/c1-9(2,3)14-8(13)12(6-4-10)7-5-11;9-7-6-8-4-2-1-3-5-8;1-2/h4-7H2,1-3H3;1-5H,6H2;1-2H3. The fraction of sp³-hybridized carbons (Fsp3) is 0.579. The monoisotopic (exact) mass is 388 g/mol. The second-order valence-corrected chi connectivity index (χ2v) is 6.42. The van der Waals surface area contributed by atoms with Gasteiger partial charge in [-0.05, 0) is 26.3 Å². The molecule has 4 nitrogen and oxygen atoms in total. The van der Waals surface area contributed by atoms with E-state index in [1.807, 2.05) is 65.0 Å². The fourth-order valence-corrected chi connectivity index (χ4v) is 1.92. The van der Waals surface area contributed by atoms with Gasteiger partial charge in [0.25, 0.3) is 0 Å². The first-order valence-electron chi connectivity index (χ1n) is 8.34. The first-order chi connectivity index (χ1) is 11.8. The van der Waals surface area contributed by atoms with E-state index in [4.69, 9.17) is 33.2 Å². The maximum absolute atomic E-state index is 11.5. The van der Waals surface area contributed by atoms with Gasteiger partial charge in [-0.15, -0.1) is 23.2 Å². The molecule has 0 bridgehead atoms. The van der Waals surface area contributed by atoms with Crippen LogP contribution in [0.25, 0.3) is 0 Å². The lowest BCUT2D eigenvalue weighted by Crippen LogP contribution is -2.39. The van der Waals surface area contributed by atoms with Crippen LogP contribution in [-0.2, 0) is 11.2 Å². The number of nitrogens with zero attached hydrogens (tertiary/aromatic N) is 2. The van der Waals surface area contributed by atoms with Crippen molar-refractivity contribution in [2.24, 2.45) is 0 Å². The Morgan fingerprint density at radius 1 is 1.12 bits per heavy atom.